The van der Waals surface area contributed by atoms with E-state index in [9.17, 15) is 9.90 Å². The Labute approximate surface area is 119 Å². The summed E-state index contributed by atoms with van der Waals surface area (Å²) in [5.74, 6) is 0.107. The summed E-state index contributed by atoms with van der Waals surface area (Å²) in [4.78, 5) is 14.8. The van der Waals surface area contributed by atoms with Crippen molar-refractivity contribution < 1.29 is 9.90 Å². The smallest absolute Gasteiger partial charge is 0.242 e. The lowest BCUT2D eigenvalue weighted by atomic mass is 10.00. The van der Waals surface area contributed by atoms with E-state index in [-0.39, 0.29) is 18.1 Å². The first kappa shape index (κ1) is 13.6. The van der Waals surface area contributed by atoms with E-state index >= 15 is 0 Å². The van der Waals surface area contributed by atoms with Crippen molar-refractivity contribution in [1.82, 2.24) is 10.2 Å². The molecule has 1 aliphatic carbocycles. The first-order chi connectivity index (χ1) is 9.74. The van der Waals surface area contributed by atoms with Crippen LogP contribution in [0.4, 0.5) is 0 Å². The van der Waals surface area contributed by atoms with Crippen LogP contribution in [0, 0.1) is 0 Å². The number of likely N-dealkylation sites (tertiary alicyclic amines) is 1. The summed E-state index contributed by atoms with van der Waals surface area (Å²) in [6.45, 7) is 1.55. The van der Waals surface area contributed by atoms with Crippen LogP contribution in [0.15, 0.2) is 30.3 Å². The van der Waals surface area contributed by atoms with Crippen LogP contribution < -0.4 is 5.32 Å². The Morgan fingerprint density at radius 1 is 1.15 bits per heavy atom. The van der Waals surface area contributed by atoms with Crippen molar-refractivity contribution in [2.45, 2.75) is 43.9 Å². The monoisotopic (exact) mass is 274 g/mol. The summed E-state index contributed by atoms with van der Waals surface area (Å²) < 4.78 is 0. The molecule has 1 amide bonds. The van der Waals surface area contributed by atoms with Gasteiger partial charge < -0.3 is 10.4 Å². The minimum Gasteiger partial charge on any atom is -0.393 e. The highest BCUT2D eigenvalue weighted by atomic mass is 16.3. The lowest BCUT2D eigenvalue weighted by Crippen LogP contribution is -2.45. The highest BCUT2D eigenvalue weighted by Crippen LogP contribution is 2.27. The van der Waals surface area contributed by atoms with Crippen molar-refractivity contribution in [3.05, 3.63) is 35.9 Å². The molecule has 4 heteroatoms. The van der Waals surface area contributed by atoms with Crippen LogP contribution in [-0.4, -0.2) is 41.1 Å². The Kier molecular flexibility index (Phi) is 4.03. The lowest BCUT2D eigenvalue weighted by molar-refractivity contribution is -0.127. The molecule has 2 N–H and O–H groups in total. The maximum Gasteiger partial charge on any atom is 0.242 e. The zero-order valence-corrected chi connectivity index (χ0v) is 11.7. The SMILES string of the molecule is O=C(NC1CC1)[C@@H](c1ccccc1)N1CCC(O)CC1. The summed E-state index contributed by atoms with van der Waals surface area (Å²) in [5.41, 5.74) is 1.04. The van der Waals surface area contributed by atoms with E-state index in [0.717, 1.165) is 44.3 Å². The number of aliphatic hydroxyl groups is 1. The maximum absolute atomic E-state index is 12.6. The number of hydrogen-bond acceptors (Lipinski definition) is 3. The molecule has 2 fully saturated rings. The first-order valence-corrected chi connectivity index (χ1v) is 7.51. The van der Waals surface area contributed by atoms with E-state index in [0.29, 0.717) is 6.04 Å². The van der Waals surface area contributed by atoms with Gasteiger partial charge in [-0.25, -0.2) is 0 Å². The Hall–Kier alpha value is -1.39. The number of nitrogens with one attached hydrogen (secondary N) is 1. The number of aliphatic hydroxyl groups excluding tert-OH is 1. The topological polar surface area (TPSA) is 52.6 Å². The van der Waals surface area contributed by atoms with Crippen LogP contribution in [0.3, 0.4) is 0 Å². The molecule has 0 aromatic heterocycles. The molecule has 1 aromatic rings. The minimum atomic E-state index is -0.218. The number of carbonyl (C=O) groups is 1. The van der Waals surface area contributed by atoms with Crippen LogP contribution in [0.1, 0.15) is 37.3 Å². The Bertz CT molecular complexity index is 451. The molecule has 1 saturated carbocycles. The number of carbonyl (C=O) groups excluding carboxylic acids is 1. The second kappa shape index (κ2) is 5.94. The van der Waals surface area contributed by atoms with Crippen molar-refractivity contribution in [3.63, 3.8) is 0 Å². The molecule has 0 unspecified atom stereocenters. The second-order valence-electron chi connectivity index (χ2n) is 5.86. The highest BCUT2D eigenvalue weighted by molar-refractivity contribution is 5.83. The Morgan fingerprint density at radius 3 is 2.40 bits per heavy atom. The zero-order chi connectivity index (χ0) is 13.9. The van der Waals surface area contributed by atoms with Gasteiger partial charge in [0.15, 0.2) is 0 Å². The average molecular weight is 274 g/mol. The number of rotatable bonds is 4. The number of hydrogen-bond donors (Lipinski definition) is 2. The van der Waals surface area contributed by atoms with Crippen molar-refractivity contribution in [2.75, 3.05) is 13.1 Å². The second-order valence-corrected chi connectivity index (χ2v) is 5.86. The molecule has 108 valence electrons. The molecule has 3 rings (SSSR count). The van der Waals surface area contributed by atoms with Gasteiger partial charge in [0.05, 0.1) is 6.10 Å². The third-order valence-electron chi connectivity index (χ3n) is 4.15. The van der Waals surface area contributed by atoms with Gasteiger partial charge in [-0.2, -0.15) is 0 Å². The molecule has 1 atom stereocenters. The van der Waals surface area contributed by atoms with Crippen molar-refractivity contribution in [3.8, 4) is 0 Å². The maximum atomic E-state index is 12.6. The number of nitrogens with zero attached hydrogens (tertiary/aromatic N) is 1. The van der Waals surface area contributed by atoms with Crippen molar-refractivity contribution in [2.24, 2.45) is 0 Å². The van der Waals surface area contributed by atoms with Crippen LogP contribution in [0.5, 0.6) is 0 Å². The Morgan fingerprint density at radius 2 is 1.80 bits per heavy atom. The van der Waals surface area contributed by atoms with Gasteiger partial charge in [0.1, 0.15) is 6.04 Å². The molecular formula is C16H22N2O2. The molecule has 20 heavy (non-hydrogen) atoms. The van der Waals surface area contributed by atoms with Gasteiger partial charge >= 0.3 is 0 Å². The van der Waals surface area contributed by atoms with Gasteiger partial charge in [0, 0.05) is 19.1 Å². The first-order valence-electron chi connectivity index (χ1n) is 7.51. The lowest BCUT2D eigenvalue weighted by Gasteiger charge is -2.35. The van der Waals surface area contributed by atoms with Gasteiger partial charge in [0.2, 0.25) is 5.91 Å². The van der Waals surface area contributed by atoms with Gasteiger partial charge in [-0.05, 0) is 31.2 Å². The number of benzene rings is 1. The molecule has 1 heterocycles. The molecule has 0 radical (unpaired) electrons. The van der Waals surface area contributed by atoms with Crippen LogP contribution in [-0.2, 0) is 4.79 Å². The molecule has 2 aliphatic rings. The van der Waals surface area contributed by atoms with Crippen molar-refractivity contribution in [1.29, 1.82) is 0 Å². The van der Waals surface area contributed by atoms with Gasteiger partial charge in [-0.15, -0.1) is 0 Å². The molecular weight excluding hydrogens is 252 g/mol. The third kappa shape index (κ3) is 3.19. The van der Waals surface area contributed by atoms with Crippen LogP contribution >= 0.6 is 0 Å². The highest BCUT2D eigenvalue weighted by Gasteiger charge is 2.33. The van der Waals surface area contributed by atoms with Gasteiger partial charge in [-0.1, -0.05) is 30.3 Å². The van der Waals surface area contributed by atoms with Gasteiger partial charge in [0.25, 0.3) is 0 Å². The quantitative estimate of drug-likeness (QED) is 0.874. The Balaban J connectivity index is 1.77. The summed E-state index contributed by atoms with van der Waals surface area (Å²) in [7, 11) is 0. The summed E-state index contributed by atoms with van der Waals surface area (Å²) in [5, 5.41) is 12.8. The van der Waals surface area contributed by atoms with E-state index in [1.54, 1.807) is 0 Å². The predicted molar refractivity (Wildman–Crippen MR) is 77.2 cm³/mol. The summed E-state index contributed by atoms with van der Waals surface area (Å²) in [6, 6.07) is 10.1. The standard InChI is InChI=1S/C16H22N2O2/c19-14-8-10-18(11-9-14)15(12-4-2-1-3-5-12)16(20)17-13-6-7-13/h1-5,13-15,19H,6-11H2,(H,17,20)/t15-/m1/s1. The summed E-state index contributed by atoms with van der Waals surface area (Å²) in [6.07, 6.45) is 3.49. The van der Waals surface area contributed by atoms with E-state index in [4.69, 9.17) is 0 Å². The van der Waals surface area contributed by atoms with E-state index in [2.05, 4.69) is 10.2 Å². The fraction of sp³-hybridized carbons (Fsp3) is 0.562. The van der Waals surface area contributed by atoms with E-state index < -0.39 is 0 Å². The molecule has 0 spiro atoms. The zero-order valence-electron chi connectivity index (χ0n) is 11.7. The predicted octanol–water partition coefficient (Wildman–Crippen LogP) is 1.46. The van der Waals surface area contributed by atoms with Gasteiger partial charge in [-0.3, -0.25) is 9.69 Å². The fourth-order valence-corrected chi connectivity index (χ4v) is 2.82. The van der Waals surface area contributed by atoms with E-state index in [1.807, 2.05) is 30.3 Å². The number of piperidine rings is 1. The molecule has 1 saturated heterocycles. The summed E-state index contributed by atoms with van der Waals surface area (Å²) >= 11 is 0. The van der Waals surface area contributed by atoms with Crippen LogP contribution in [0.2, 0.25) is 0 Å². The average Bonchev–Trinajstić information content (AvgIpc) is 3.26. The molecule has 1 aliphatic heterocycles. The van der Waals surface area contributed by atoms with Crippen LogP contribution in [0.25, 0.3) is 0 Å². The van der Waals surface area contributed by atoms with E-state index in [1.165, 1.54) is 0 Å². The largest absolute Gasteiger partial charge is 0.393 e. The minimum absolute atomic E-state index is 0.107. The van der Waals surface area contributed by atoms with Crippen molar-refractivity contribution >= 4 is 5.91 Å². The molecule has 0 bridgehead atoms. The number of amides is 1. The fourth-order valence-electron chi connectivity index (χ4n) is 2.82. The third-order valence-corrected chi connectivity index (χ3v) is 4.15. The molecule has 1 aromatic carbocycles. The normalized spacial score (nSPS) is 22.4. The molecule has 4 nitrogen and oxygen atoms in total.